The van der Waals surface area contributed by atoms with E-state index in [1.165, 1.54) is 19.3 Å². The van der Waals surface area contributed by atoms with E-state index in [4.69, 9.17) is 0 Å². The van der Waals surface area contributed by atoms with Crippen molar-refractivity contribution in [1.82, 2.24) is 0 Å². The topological polar surface area (TPSA) is 0 Å². The molecule has 3 rings (SSSR count). The van der Waals surface area contributed by atoms with E-state index in [0.717, 1.165) is 17.3 Å². The minimum absolute atomic E-state index is 0.796. The molecule has 3 aliphatic rings. The van der Waals surface area contributed by atoms with E-state index in [0.29, 0.717) is 0 Å². The number of fused-ring (bicyclic) bond motifs is 3. The minimum atomic E-state index is 0.796. The Bertz CT molecular complexity index is 163. The second kappa shape index (κ2) is 3.63. The maximum Gasteiger partial charge on any atom is -0.0271 e. The molecule has 0 radical (unpaired) electrons. The zero-order valence-electron chi connectivity index (χ0n) is 9.31. The molecular weight excluding hydrogens is 156 g/mol. The maximum atomic E-state index is 2.51. The summed E-state index contributed by atoms with van der Waals surface area (Å²) < 4.78 is 0. The van der Waals surface area contributed by atoms with Gasteiger partial charge < -0.3 is 0 Å². The molecule has 2 bridgehead atoms. The van der Waals surface area contributed by atoms with Gasteiger partial charge in [0.25, 0.3) is 0 Å². The van der Waals surface area contributed by atoms with Crippen molar-refractivity contribution in [3.05, 3.63) is 0 Å². The number of rotatable bonds is 3. The summed E-state index contributed by atoms with van der Waals surface area (Å²) in [5.74, 6) is 2.14. The molecule has 0 aromatic carbocycles. The molecule has 0 aromatic heterocycles. The molecule has 3 fully saturated rings. The van der Waals surface area contributed by atoms with Gasteiger partial charge in [-0.05, 0) is 55.8 Å². The third kappa shape index (κ3) is 1.65. The van der Waals surface area contributed by atoms with Gasteiger partial charge in [-0.3, -0.25) is 0 Å². The fourth-order valence-corrected chi connectivity index (χ4v) is 3.76. The lowest BCUT2D eigenvalue weighted by atomic mass is 9.54. The summed E-state index contributed by atoms with van der Waals surface area (Å²) in [5.41, 5.74) is 0.796. The summed E-state index contributed by atoms with van der Waals surface area (Å²) in [5, 5.41) is 0. The van der Waals surface area contributed by atoms with Gasteiger partial charge in [0.1, 0.15) is 0 Å². The molecule has 0 aromatic rings. The van der Waals surface area contributed by atoms with Crippen molar-refractivity contribution in [2.75, 3.05) is 0 Å². The molecule has 0 spiro atoms. The molecule has 0 aliphatic heterocycles. The first-order chi connectivity index (χ1) is 6.27. The lowest BCUT2D eigenvalue weighted by Gasteiger charge is -2.51. The molecule has 76 valence electrons. The van der Waals surface area contributed by atoms with Crippen LogP contribution in [0.5, 0.6) is 0 Å². The molecule has 1 atom stereocenters. The average molecular weight is 180 g/mol. The van der Waals surface area contributed by atoms with Gasteiger partial charge in [0, 0.05) is 0 Å². The van der Waals surface area contributed by atoms with Crippen LogP contribution in [0.1, 0.15) is 65.2 Å². The maximum absolute atomic E-state index is 2.51. The Labute approximate surface area is 83.1 Å². The highest BCUT2D eigenvalue weighted by Crippen LogP contribution is 2.55. The Morgan fingerprint density at radius 2 is 1.92 bits per heavy atom. The first-order valence-corrected chi connectivity index (χ1v) is 6.27. The van der Waals surface area contributed by atoms with Crippen molar-refractivity contribution in [3.8, 4) is 0 Å². The Morgan fingerprint density at radius 1 is 1.23 bits per heavy atom. The van der Waals surface area contributed by atoms with Crippen LogP contribution >= 0.6 is 0 Å². The summed E-state index contributed by atoms with van der Waals surface area (Å²) in [6, 6.07) is 0. The average Bonchev–Trinajstić information content (AvgIpc) is 2.17. The molecule has 13 heavy (non-hydrogen) atoms. The summed E-state index contributed by atoms with van der Waals surface area (Å²) in [4.78, 5) is 0. The van der Waals surface area contributed by atoms with Gasteiger partial charge in [-0.25, -0.2) is 0 Å². The molecule has 0 saturated heterocycles. The van der Waals surface area contributed by atoms with Gasteiger partial charge in [0.2, 0.25) is 0 Å². The Hall–Kier alpha value is 0. The Kier molecular flexibility index (Phi) is 2.67. The summed E-state index contributed by atoms with van der Waals surface area (Å²) >= 11 is 0. The van der Waals surface area contributed by atoms with Crippen molar-refractivity contribution < 1.29 is 0 Å². The first kappa shape index (κ1) is 9.55. The van der Waals surface area contributed by atoms with Crippen molar-refractivity contribution >= 4 is 0 Å². The van der Waals surface area contributed by atoms with Gasteiger partial charge in [-0.2, -0.15) is 0 Å². The number of hydrogen-bond donors (Lipinski definition) is 0. The summed E-state index contributed by atoms with van der Waals surface area (Å²) in [6.07, 6.45) is 12.1. The van der Waals surface area contributed by atoms with Crippen LogP contribution in [0.2, 0.25) is 0 Å². The molecule has 0 heterocycles. The third-order valence-electron chi connectivity index (χ3n) is 4.86. The van der Waals surface area contributed by atoms with Gasteiger partial charge in [0.15, 0.2) is 0 Å². The minimum Gasteiger partial charge on any atom is -0.0654 e. The highest BCUT2D eigenvalue weighted by molar-refractivity contribution is 4.95. The van der Waals surface area contributed by atoms with Crippen LogP contribution in [0.3, 0.4) is 0 Å². The van der Waals surface area contributed by atoms with E-state index in [1.807, 2.05) is 0 Å². The quantitative estimate of drug-likeness (QED) is 0.604. The van der Waals surface area contributed by atoms with E-state index in [-0.39, 0.29) is 0 Å². The lowest BCUT2D eigenvalue weighted by Crippen LogP contribution is -2.40. The zero-order chi connectivity index (χ0) is 9.31. The van der Waals surface area contributed by atoms with E-state index >= 15 is 0 Å². The molecule has 0 nitrogen and oxygen atoms in total. The van der Waals surface area contributed by atoms with E-state index in [2.05, 4.69) is 13.8 Å². The predicted octanol–water partition coefficient (Wildman–Crippen LogP) is 4.39. The van der Waals surface area contributed by atoms with Crippen molar-refractivity contribution in [3.63, 3.8) is 0 Å². The SMILES string of the molecule is CCCCC12CCC(CC1)CC2C. The van der Waals surface area contributed by atoms with Gasteiger partial charge in [0.05, 0.1) is 0 Å². The summed E-state index contributed by atoms with van der Waals surface area (Å²) in [6.45, 7) is 4.84. The highest BCUT2D eigenvalue weighted by atomic mass is 14.5. The van der Waals surface area contributed by atoms with Crippen LogP contribution in [-0.2, 0) is 0 Å². The second-order valence-corrected chi connectivity index (χ2v) is 5.55. The molecule has 1 unspecified atom stereocenters. The van der Waals surface area contributed by atoms with Crippen LogP contribution < -0.4 is 0 Å². The molecule has 3 aliphatic carbocycles. The van der Waals surface area contributed by atoms with Crippen molar-refractivity contribution in [2.45, 2.75) is 65.2 Å². The molecule has 0 amide bonds. The standard InChI is InChI=1S/C13H24/c1-3-4-7-13-8-5-12(6-9-13)10-11(13)2/h11-12H,3-10H2,1-2H3. The molecule has 0 heteroatoms. The second-order valence-electron chi connectivity index (χ2n) is 5.55. The third-order valence-corrected chi connectivity index (χ3v) is 4.86. The van der Waals surface area contributed by atoms with Crippen LogP contribution in [0, 0.1) is 17.3 Å². The zero-order valence-corrected chi connectivity index (χ0v) is 9.31. The van der Waals surface area contributed by atoms with Gasteiger partial charge in [-0.1, -0.05) is 26.7 Å². The van der Waals surface area contributed by atoms with E-state index in [9.17, 15) is 0 Å². The largest absolute Gasteiger partial charge is 0.0654 e. The first-order valence-electron chi connectivity index (χ1n) is 6.27. The van der Waals surface area contributed by atoms with Gasteiger partial charge >= 0.3 is 0 Å². The van der Waals surface area contributed by atoms with Crippen molar-refractivity contribution in [2.24, 2.45) is 17.3 Å². The fraction of sp³-hybridized carbons (Fsp3) is 1.00. The van der Waals surface area contributed by atoms with Crippen LogP contribution in [0.4, 0.5) is 0 Å². The Balaban J connectivity index is 2.00. The number of hydrogen-bond acceptors (Lipinski definition) is 0. The molecular formula is C13H24. The smallest absolute Gasteiger partial charge is 0.0271 e. The molecule has 0 N–H and O–H groups in total. The van der Waals surface area contributed by atoms with E-state index < -0.39 is 0 Å². The van der Waals surface area contributed by atoms with Crippen molar-refractivity contribution in [1.29, 1.82) is 0 Å². The van der Waals surface area contributed by atoms with Crippen LogP contribution in [0.15, 0.2) is 0 Å². The summed E-state index contributed by atoms with van der Waals surface area (Å²) in [7, 11) is 0. The predicted molar refractivity (Wildman–Crippen MR) is 57.7 cm³/mol. The molecule has 3 saturated carbocycles. The highest BCUT2D eigenvalue weighted by Gasteiger charge is 2.44. The van der Waals surface area contributed by atoms with E-state index in [1.54, 1.807) is 32.1 Å². The van der Waals surface area contributed by atoms with Gasteiger partial charge in [-0.15, -0.1) is 0 Å². The Morgan fingerprint density at radius 3 is 2.46 bits per heavy atom. The fourth-order valence-electron chi connectivity index (χ4n) is 3.76. The number of unbranched alkanes of at least 4 members (excludes halogenated alkanes) is 1. The van der Waals surface area contributed by atoms with Crippen LogP contribution in [-0.4, -0.2) is 0 Å². The lowest BCUT2D eigenvalue weighted by molar-refractivity contribution is -0.00449. The van der Waals surface area contributed by atoms with Crippen LogP contribution in [0.25, 0.3) is 0 Å². The monoisotopic (exact) mass is 180 g/mol. The normalized spacial score (nSPS) is 43.8.